The standard InChI is InChI=1S/C13H17N3O.C12H14N2OS/c1-7-11(8-5-6-8)15-10-4-2-3-9(10)12(7)16-13(14)17;1-12(2,15)10-8-11(16)13-14(10)9-6-4-3-5-7-9/h8H,2-6H2,1H3,(H3,14,15,16,17);3-8,15H,1-2H3,(H,13,16). The van der Waals surface area contributed by atoms with E-state index in [1.54, 1.807) is 19.9 Å². The van der Waals surface area contributed by atoms with Crippen LogP contribution in [0.25, 0.3) is 5.69 Å². The third-order valence-electron chi connectivity index (χ3n) is 6.09. The van der Waals surface area contributed by atoms with E-state index in [9.17, 15) is 9.90 Å². The number of carbonyl (C=O) groups excluding carboxylic acids is 1. The van der Waals surface area contributed by atoms with E-state index < -0.39 is 11.6 Å². The summed E-state index contributed by atoms with van der Waals surface area (Å²) in [5.74, 6) is 0.606. The molecule has 33 heavy (non-hydrogen) atoms. The van der Waals surface area contributed by atoms with Gasteiger partial charge in [0.2, 0.25) is 0 Å². The molecule has 174 valence electrons. The first-order valence-corrected chi connectivity index (χ1v) is 11.7. The molecule has 0 unspecified atom stereocenters. The van der Waals surface area contributed by atoms with Gasteiger partial charge in [-0.2, -0.15) is 0 Å². The Morgan fingerprint density at radius 1 is 1.27 bits per heavy atom. The number of nitrogens with two attached hydrogens (primary N) is 1. The summed E-state index contributed by atoms with van der Waals surface area (Å²) in [6.45, 7) is 5.53. The van der Waals surface area contributed by atoms with E-state index in [0.717, 1.165) is 41.9 Å². The minimum absolute atomic E-state index is 0.477. The van der Waals surface area contributed by atoms with Crippen molar-refractivity contribution in [3.05, 3.63) is 69.2 Å². The zero-order valence-corrected chi connectivity index (χ0v) is 20.1. The number of aryl methyl sites for hydroxylation is 1. The number of fused-ring (bicyclic) bond motifs is 1. The van der Waals surface area contributed by atoms with Gasteiger partial charge in [0.1, 0.15) is 10.2 Å². The van der Waals surface area contributed by atoms with Crippen LogP contribution in [0, 0.1) is 11.6 Å². The Morgan fingerprint density at radius 2 is 1.97 bits per heavy atom. The Kier molecular flexibility index (Phi) is 6.41. The van der Waals surface area contributed by atoms with Crippen LogP contribution in [0.2, 0.25) is 0 Å². The maximum atomic E-state index is 11.1. The molecule has 2 aliphatic rings. The summed E-state index contributed by atoms with van der Waals surface area (Å²) in [5.41, 5.74) is 11.6. The predicted molar refractivity (Wildman–Crippen MR) is 132 cm³/mol. The topological polar surface area (TPSA) is 109 Å². The van der Waals surface area contributed by atoms with Gasteiger partial charge < -0.3 is 16.2 Å². The SMILES string of the molecule is CC(C)(O)c1cc(=S)[nH]n1-c1ccccc1.Cc1c(C2CC2)nc2c(c1NC(N)=O)CCC2. The zero-order chi connectivity index (χ0) is 23.8. The molecule has 2 aromatic heterocycles. The lowest BCUT2D eigenvalue weighted by Crippen LogP contribution is -2.21. The molecule has 1 fully saturated rings. The lowest BCUT2D eigenvalue weighted by atomic mass is 10.0. The number of carbonyl (C=O) groups is 1. The van der Waals surface area contributed by atoms with E-state index in [1.807, 2.05) is 41.9 Å². The lowest BCUT2D eigenvalue weighted by molar-refractivity contribution is 0.0711. The maximum absolute atomic E-state index is 11.1. The van der Waals surface area contributed by atoms with Gasteiger partial charge in [0.25, 0.3) is 0 Å². The summed E-state index contributed by atoms with van der Waals surface area (Å²) in [4.78, 5) is 15.9. The van der Waals surface area contributed by atoms with Crippen molar-refractivity contribution in [3.8, 4) is 5.69 Å². The Balaban J connectivity index is 0.000000157. The van der Waals surface area contributed by atoms with Crippen molar-refractivity contribution in [2.45, 2.75) is 64.4 Å². The van der Waals surface area contributed by atoms with Crippen molar-refractivity contribution in [1.29, 1.82) is 0 Å². The number of para-hydroxylation sites is 1. The van der Waals surface area contributed by atoms with Crippen molar-refractivity contribution in [1.82, 2.24) is 14.8 Å². The fourth-order valence-corrected chi connectivity index (χ4v) is 4.58. The van der Waals surface area contributed by atoms with Crippen LogP contribution in [0.4, 0.5) is 10.5 Å². The Bertz CT molecular complexity index is 1220. The molecular formula is C25H31N5O2S. The van der Waals surface area contributed by atoms with Gasteiger partial charge in [-0.3, -0.25) is 14.8 Å². The number of aliphatic hydroxyl groups is 1. The molecule has 7 nitrogen and oxygen atoms in total. The normalized spacial score (nSPS) is 14.9. The molecule has 2 heterocycles. The van der Waals surface area contributed by atoms with E-state index in [0.29, 0.717) is 10.6 Å². The van der Waals surface area contributed by atoms with Crippen LogP contribution in [0.1, 0.15) is 67.2 Å². The van der Waals surface area contributed by atoms with Gasteiger partial charge >= 0.3 is 6.03 Å². The molecule has 0 radical (unpaired) electrons. The van der Waals surface area contributed by atoms with E-state index >= 15 is 0 Å². The number of rotatable bonds is 4. The zero-order valence-electron chi connectivity index (χ0n) is 19.3. The van der Waals surface area contributed by atoms with E-state index in [4.69, 9.17) is 22.9 Å². The number of nitrogens with one attached hydrogen (secondary N) is 2. The third-order valence-corrected chi connectivity index (χ3v) is 6.30. The van der Waals surface area contributed by atoms with Crippen LogP contribution in [-0.4, -0.2) is 25.9 Å². The summed E-state index contributed by atoms with van der Waals surface area (Å²) in [6, 6.07) is 11.1. The van der Waals surface area contributed by atoms with Crippen molar-refractivity contribution in [2.75, 3.05) is 5.32 Å². The number of pyridine rings is 1. The second-order valence-electron chi connectivity index (χ2n) is 9.27. The number of hydrogen-bond acceptors (Lipinski definition) is 4. The molecule has 0 spiro atoms. The highest BCUT2D eigenvalue weighted by molar-refractivity contribution is 7.71. The molecule has 1 aromatic carbocycles. The first-order valence-electron chi connectivity index (χ1n) is 11.3. The highest BCUT2D eigenvalue weighted by atomic mass is 32.1. The smallest absolute Gasteiger partial charge is 0.316 e. The molecule has 0 saturated heterocycles. The molecule has 8 heteroatoms. The molecule has 0 bridgehead atoms. The number of urea groups is 1. The Morgan fingerprint density at radius 3 is 2.58 bits per heavy atom. The van der Waals surface area contributed by atoms with E-state index in [2.05, 4.69) is 10.4 Å². The van der Waals surface area contributed by atoms with Gasteiger partial charge in [-0.25, -0.2) is 4.79 Å². The average Bonchev–Trinajstić information content (AvgIpc) is 3.35. The van der Waals surface area contributed by atoms with Gasteiger partial charge in [0.15, 0.2) is 0 Å². The minimum atomic E-state index is -0.927. The first kappa shape index (κ1) is 23.2. The van der Waals surface area contributed by atoms with Crippen LogP contribution < -0.4 is 11.1 Å². The number of primary amides is 1. The number of amides is 2. The maximum Gasteiger partial charge on any atom is 0.316 e. The summed E-state index contributed by atoms with van der Waals surface area (Å²) >= 11 is 5.10. The van der Waals surface area contributed by atoms with Crippen molar-refractivity contribution < 1.29 is 9.90 Å². The largest absolute Gasteiger partial charge is 0.384 e. The fourth-order valence-electron chi connectivity index (χ4n) is 4.37. The molecule has 0 aliphatic heterocycles. The van der Waals surface area contributed by atoms with Gasteiger partial charge in [-0.1, -0.05) is 30.4 Å². The molecule has 5 N–H and O–H groups in total. The molecule has 2 aliphatic carbocycles. The molecule has 5 rings (SSSR count). The number of aromatic nitrogens is 3. The summed E-state index contributed by atoms with van der Waals surface area (Å²) < 4.78 is 2.42. The quantitative estimate of drug-likeness (QED) is 0.406. The van der Waals surface area contributed by atoms with Crippen molar-refractivity contribution >= 4 is 23.9 Å². The third kappa shape index (κ3) is 5.17. The van der Waals surface area contributed by atoms with Gasteiger partial charge in [-0.05, 0) is 82.2 Å². The highest BCUT2D eigenvalue weighted by Crippen LogP contribution is 2.44. The Hall–Kier alpha value is -2.97. The van der Waals surface area contributed by atoms with E-state index in [-0.39, 0.29) is 0 Å². The summed E-state index contributed by atoms with van der Waals surface area (Å²) in [7, 11) is 0. The van der Waals surface area contributed by atoms with Crippen LogP contribution >= 0.6 is 12.2 Å². The second-order valence-corrected chi connectivity index (χ2v) is 9.71. The number of benzene rings is 1. The lowest BCUT2D eigenvalue weighted by Gasteiger charge is -2.19. The van der Waals surface area contributed by atoms with Crippen molar-refractivity contribution in [2.24, 2.45) is 5.73 Å². The highest BCUT2D eigenvalue weighted by Gasteiger charge is 2.31. The number of nitrogens with zero attached hydrogens (tertiary/aromatic N) is 2. The monoisotopic (exact) mass is 465 g/mol. The van der Waals surface area contributed by atoms with Crippen LogP contribution in [-0.2, 0) is 18.4 Å². The molecular weight excluding hydrogens is 434 g/mol. The number of H-pyrrole nitrogens is 1. The van der Waals surface area contributed by atoms with Gasteiger partial charge in [0.05, 0.1) is 17.1 Å². The van der Waals surface area contributed by atoms with E-state index in [1.165, 1.54) is 29.8 Å². The molecule has 0 atom stereocenters. The van der Waals surface area contributed by atoms with Crippen LogP contribution in [0.5, 0.6) is 0 Å². The van der Waals surface area contributed by atoms with Crippen molar-refractivity contribution in [3.63, 3.8) is 0 Å². The number of aromatic amines is 1. The molecule has 2 amide bonds. The number of hydrogen-bond donors (Lipinski definition) is 4. The first-order chi connectivity index (χ1) is 15.6. The summed E-state index contributed by atoms with van der Waals surface area (Å²) in [6.07, 6.45) is 5.61. The fraction of sp³-hybridized carbons (Fsp3) is 0.400. The average molecular weight is 466 g/mol. The second kappa shape index (κ2) is 9.11. The molecule has 3 aromatic rings. The molecule has 1 saturated carbocycles. The summed E-state index contributed by atoms with van der Waals surface area (Å²) in [5, 5.41) is 15.9. The van der Waals surface area contributed by atoms with Crippen LogP contribution in [0.3, 0.4) is 0 Å². The Labute approximate surface area is 199 Å². The predicted octanol–water partition coefficient (Wildman–Crippen LogP) is 5.01. The van der Waals surface area contributed by atoms with Gasteiger partial charge in [-0.15, -0.1) is 0 Å². The number of anilines is 1. The minimum Gasteiger partial charge on any atom is -0.384 e. The van der Waals surface area contributed by atoms with Crippen LogP contribution in [0.15, 0.2) is 36.4 Å². The van der Waals surface area contributed by atoms with Gasteiger partial charge in [0, 0.05) is 17.3 Å².